The minimum absolute atomic E-state index is 0.122. The zero-order valence-electron chi connectivity index (χ0n) is 14.9. The Morgan fingerprint density at radius 1 is 1.21 bits per heavy atom. The molecule has 1 saturated heterocycles. The van der Waals surface area contributed by atoms with E-state index in [2.05, 4.69) is 53.2 Å². The molecule has 0 bridgehead atoms. The van der Waals surface area contributed by atoms with E-state index >= 15 is 0 Å². The molecule has 4 heteroatoms. The lowest BCUT2D eigenvalue weighted by atomic mass is 9.93. The Balaban J connectivity index is 1.62. The number of carbonyl (C=O) groups is 1. The Kier molecular flexibility index (Phi) is 5.56. The first-order valence-electron chi connectivity index (χ1n) is 9.21. The van der Waals surface area contributed by atoms with Gasteiger partial charge in [-0.25, -0.2) is 0 Å². The van der Waals surface area contributed by atoms with Gasteiger partial charge in [-0.3, -0.25) is 4.79 Å². The van der Waals surface area contributed by atoms with E-state index in [0.29, 0.717) is 0 Å². The Bertz CT molecular complexity index is 603. The molecule has 4 nitrogen and oxygen atoms in total. The summed E-state index contributed by atoms with van der Waals surface area (Å²) in [7, 11) is 0. The minimum Gasteiger partial charge on any atom is -0.369 e. The second kappa shape index (κ2) is 7.84. The first kappa shape index (κ1) is 17.0. The van der Waals surface area contributed by atoms with E-state index < -0.39 is 0 Å². The second-order valence-corrected chi connectivity index (χ2v) is 6.89. The standard InChI is InChI=1S/C20H29N3O/c1-3-22-11-13-23(14-12-22)19-10-9-18(15-16(19)2)21-20(24)17-7-5-4-6-8-17/h4-5,9-10,15,17H,3,6-8,11-14H2,1-2H3,(H,21,24)/t17-/m1/s1. The highest BCUT2D eigenvalue weighted by atomic mass is 16.1. The number of amides is 1. The third-order valence-corrected chi connectivity index (χ3v) is 5.26. The van der Waals surface area contributed by atoms with Gasteiger partial charge < -0.3 is 15.1 Å². The Labute approximate surface area is 145 Å². The van der Waals surface area contributed by atoms with Crippen molar-refractivity contribution in [1.82, 2.24) is 4.90 Å². The van der Waals surface area contributed by atoms with Crippen LogP contribution in [0.5, 0.6) is 0 Å². The van der Waals surface area contributed by atoms with Crippen molar-refractivity contribution in [2.24, 2.45) is 5.92 Å². The molecule has 0 unspecified atom stereocenters. The average Bonchev–Trinajstić information content (AvgIpc) is 2.63. The van der Waals surface area contributed by atoms with Gasteiger partial charge in [0.2, 0.25) is 5.91 Å². The van der Waals surface area contributed by atoms with Gasteiger partial charge >= 0.3 is 0 Å². The quantitative estimate of drug-likeness (QED) is 0.861. The predicted molar refractivity (Wildman–Crippen MR) is 101 cm³/mol. The lowest BCUT2D eigenvalue weighted by molar-refractivity contribution is -0.120. The summed E-state index contributed by atoms with van der Waals surface area (Å²) >= 11 is 0. The molecular weight excluding hydrogens is 298 g/mol. The molecule has 1 aromatic carbocycles. The maximum atomic E-state index is 12.4. The van der Waals surface area contributed by atoms with E-state index in [4.69, 9.17) is 0 Å². The number of benzene rings is 1. The predicted octanol–water partition coefficient (Wildman–Crippen LogP) is 3.43. The smallest absolute Gasteiger partial charge is 0.227 e. The van der Waals surface area contributed by atoms with Crippen molar-refractivity contribution >= 4 is 17.3 Å². The third kappa shape index (κ3) is 3.99. The molecule has 130 valence electrons. The number of anilines is 2. The highest BCUT2D eigenvalue weighted by Crippen LogP contribution is 2.26. The zero-order chi connectivity index (χ0) is 16.9. The molecule has 1 aliphatic carbocycles. The highest BCUT2D eigenvalue weighted by molar-refractivity contribution is 5.93. The van der Waals surface area contributed by atoms with E-state index in [1.807, 2.05) is 6.07 Å². The molecule has 1 heterocycles. The molecule has 0 spiro atoms. The van der Waals surface area contributed by atoms with E-state index in [1.54, 1.807) is 0 Å². The number of aryl methyl sites for hydroxylation is 1. The summed E-state index contributed by atoms with van der Waals surface area (Å²) < 4.78 is 0. The van der Waals surface area contributed by atoms with Crippen LogP contribution in [-0.4, -0.2) is 43.5 Å². The molecule has 1 N–H and O–H groups in total. The van der Waals surface area contributed by atoms with E-state index in [1.165, 1.54) is 11.3 Å². The molecule has 1 aliphatic heterocycles. The lowest BCUT2D eigenvalue weighted by Gasteiger charge is -2.36. The van der Waals surface area contributed by atoms with Crippen molar-refractivity contribution in [2.75, 3.05) is 42.9 Å². The molecule has 1 aromatic rings. The number of nitrogens with zero attached hydrogens (tertiary/aromatic N) is 2. The van der Waals surface area contributed by atoms with Gasteiger partial charge in [0.05, 0.1) is 0 Å². The summed E-state index contributed by atoms with van der Waals surface area (Å²) in [6, 6.07) is 6.32. The SMILES string of the molecule is CCN1CCN(c2ccc(NC(=O)[C@@H]3CC=CCC3)cc2C)CC1. The van der Waals surface area contributed by atoms with Gasteiger partial charge in [-0.15, -0.1) is 0 Å². The van der Waals surface area contributed by atoms with Crippen LogP contribution in [0.3, 0.4) is 0 Å². The number of piperazine rings is 1. The van der Waals surface area contributed by atoms with Crippen molar-refractivity contribution < 1.29 is 4.79 Å². The minimum atomic E-state index is 0.122. The highest BCUT2D eigenvalue weighted by Gasteiger charge is 2.20. The summed E-state index contributed by atoms with van der Waals surface area (Å²) in [5.74, 6) is 0.278. The van der Waals surface area contributed by atoms with Gasteiger partial charge in [0.25, 0.3) is 0 Å². The fourth-order valence-corrected chi connectivity index (χ4v) is 3.67. The van der Waals surface area contributed by atoms with Crippen LogP contribution >= 0.6 is 0 Å². The molecule has 0 saturated carbocycles. The molecule has 1 atom stereocenters. The van der Waals surface area contributed by atoms with Gasteiger partial charge in [0, 0.05) is 43.5 Å². The van der Waals surface area contributed by atoms with Crippen LogP contribution in [0.4, 0.5) is 11.4 Å². The number of carbonyl (C=O) groups excluding carboxylic acids is 1. The second-order valence-electron chi connectivity index (χ2n) is 6.89. The summed E-state index contributed by atoms with van der Waals surface area (Å²) in [5, 5.41) is 3.10. The summed E-state index contributed by atoms with van der Waals surface area (Å²) in [6.45, 7) is 9.91. The molecule has 0 radical (unpaired) electrons. The number of nitrogens with one attached hydrogen (secondary N) is 1. The van der Waals surface area contributed by atoms with Crippen LogP contribution in [0, 0.1) is 12.8 Å². The fraction of sp³-hybridized carbons (Fsp3) is 0.550. The molecule has 3 rings (SSSR count). The Hall–Kier alpha value is -1.81. The van der Waals surface area contributed by atoms with Crippen molar-refractivity contribution in [1.29, 1.82) is 0 Å². The van der Waals surface area contributed by atoms with Crippen molar-refractivity contribution in [3.8, 4) is 0 Å². The Morgan fingerprint density at radius 3 is 2.62 bits per heavy atom. The monoisotopic (exact) mass is 327 g/mol. The first-order chi connectivity index (χ1) is 11.7. The summed E-state index contributed by atoms with van der Waals surface area (Å²) in [4.78, 5) is 17.3. The molecule has 2 aliphatic rings. The fourth-order valence-electron chi connectivity index (χ4n) is 3.67. The van der Waals surface area contributed by atoms with Gasteiger partial charge in [-0.1, -0.05) is 19.1 Å². The van der Waals surface area contributed by atoms with Gasteiger partial charge in [-0.05, 0) is 56.5 Å². The molecule has 1 fully saturated rings. The van der Waals surface area contributed by atoms with Crippen LogP contribution in [0.15, 0.2) is 30.4 Å². The van der Waals surface area contributed by atoms with E-state index in [0.717, 1.165) is 57.7 Å². The van der Waals surface area contributed by atoms with Gasteiger partial charge in [0.15, 0.2) is 0 Å². The topological polar surface area (TPSA) is 35.6 Å². The molecular formula is C20H29N3O. The number of rotatable bonds is 4. The first-order valence-corrected chi connectivity index (χ1v) is 9.21. The normalized spacial score (nSPS) is 21.8. The molecule has 1 amide bonds. The van der Waals surface area contributed by atoms with Crippen molar-refractivity contribution in [3.63, 3.8) is 0 Å². The maximum Gasteiger partial charge on any atom is 0.227 e. The van der Waals surface area contributed by atoms with Gasteiger partial charge in [-0.2, -0.15) is 0 Å². The van der Waals surface area contributed by atoms with Crippen LogP contribution in [0.25, 0.3) is 0 Å². The van der Waals surface area contributed by atoms with Crippen LogP contribution in [0.2, 0.25) is 0 Å². The number of hydrogen-bond donors (Lipinski definition) is 1. The number of allylic oxidation sites excluding steroid dienone is 2. The lowest BCUT2D eigenvalue weighted by Crippen LogP contribution is -2.46. The molecule has 0 aromatic heterocycles. The van der Waals surface area contributed by atoms with Crippen LogP contribution in [0.1, 0.15) is 31.7 Å². The maximum absolute atomic E-state index is 12.4. The summed E-state index contributed by atoms with van der Waals surface area (Å²) in [5.41, 5.74) is 3.45. The number of hydrogen-bond acceptors (Lipinski definition) is 3. The van der Waals surface area contributed by atoms with Crippen molar-refractivity contribution in [2.45, 2.75) is 33.1 Å². The summed E-state index contributed by atoms with van der Waals surface area (Å²) in [6.07, 6.45) is 7.13. The van der Waals surface area contributed by atoms with E-state index in [9.17, 15) is 4.79 Å². The van der Waals surface area contributed by atoms with Gasteiger partial charge in [0.1, 0.15) is 0 Å². The van der Waals surface area contributed by atoms with Crippen LogP contribution in [-0.2, 0) is 4.79 Å². The number of likely N-dealkylation sites (N-methyl/N-ethyl adjacent to an activating group) is 1. The largest absolute Gasteiger partial charge is 0.369 e. The van der Waals surface area contributed by atoms with Crippen LogP contribution < -0.4 is 10.2 Å². The average molecular weight is 327 g/mol. The third-order valence-electron chi connectivity index (χ3n) is 5.26. The Morgan fingerprint density at radius 2 is 2.00 bits per heavy atom. The molecule has 24 heavy (non-hydrogen) atoms. The van der Waals surface area contributed by atoms with E-state index in [-0.39, 0.29) is 11.8 Å². The zero-order valence-corrected chi connectivity index (χ0v) is 14.9. The van der Waals surface area contributed by atoms with Crippen molar-refractivity contribution in [3.05, 3.63) is 35.9 Å².